The van der Waals surface area contributed by atoms with E-state index in [0.717, 1.165) is 30.9 Å². The second kappa shape index (κ2) is 6.15. The van der Waals surface area contributed by atoms with Crippen molar-refractivity contribution >= 4 is 0 Å². The maximum Gasteiger partial charge on any atom is 0.416 e. The summed E-state index contributed by atoms with van der Waals surface area (Å²) in [4.78, 5) is 0. The van der Waals surface area contributed by atoms with Crippen LogP contribution >= 0.6 is 0 Å². The van der Waals surface area contributed by atoms with E-state index in [4.69, 9.17) is 5.73 Å². The monoisotopic (exact) mass is 346 g/mol. The van der Waals surface area contributed by atoms with Crippen LogP contribution in [0.1, 0.15) is 36.3 Å². The highest BCUT2D eigenvalue weighted by Gasteiger charge is 2.41. The molecule has 2 saturated carbocycles. The Morgan fingerprint density at radius 1 is 0.920 bits per heavy atom. The van der Waals surface area contributed by atoms with Crippen molar-refractivity contribution in [2.45, 2.75) is 49.5 Å². The van der Waals surface area contributed by atoms with E-state index in [1.165, 1.54) is 17.7 Å². The van der Waals surface area contributed by atoms with Gasteiger partial charge in [0.05, 0.1) is 5.56 Å². The van der Waals surface area contributed by atoms with Crippen LogP contribution < -0.4 is 11.1 Å². The molecule has 0 aromatic heterocycles. The highest BCUT2D eigenvalue weighted by molar-refractivity contribution is 5.65. The molecule has 0 radical (unpaired) electrons. The van der Waals surface area contributed by atoms with Crippen LogP contribution in [-0.2, 0) is 6.18 Å². The number of alkyl halides is 3. The van der Waals surface area contributed by atoms with Gasteiger partial charge in [0.25, 0.3) is 0 Å². The molecule has 25 heavy (non-hydrogen) atoms. The average molecular weight is 346 g/mol. The summed E-state index contributed by atoms with van der Waals surface area (Å²) in [7, 11) is 0. The van der Waals surface area contributed by atoms with Gasteiger partial charge in [0.1, 0.15) is 0 Å². The third-order valence-corrected chi connectivity index (χ3v) is 5.28. The maximum absolute atomic E-state index is 12.9. The number of hydrogen-bond donors (Lipinski definition) is 2. The molecule has 132 valence electrons. The van der Waals surface area contributed by atoms with E-state index in [1.807, 2.05) is 24.3 Å². The van der Waals surface area contributed by atoms with Crippen molar-refractivity contribution in [1.29, 1.82) is 0 Å². The summed E-state index contributed by atoms with van der Waals surface area (Å²) in [6.07, 6.45) is -1.09. The molecular formula is C20H21F3N2. The largest absolute Gasteiger partial charge is 0.416 e. The minimum Gasteiger partial charge on any atom is -0.328 e. The molecule has 2 aliphatic rings. The Labute approximate surface area is 145 Å². The fraction of sp³-hybridized carbons (Fsp3) is 0.400. The lowest BCUT2D eigenvalue weighted by molar-refractivity contribution is -0.137. The first-order valence-corrected chi connectivity index (χ1v) is 8.69. The minimum atomic E-state index is -4.31. The van der Waals surface area contributed by atoms with Crippen LogP contribution in [0.5, 0.6) is 0 Å². The third-order valence-electron chi connectivity index (χ3n) is 5.28. The molecule has 2 unspecified atom stereocenters. The van der Waals surface area contributed by atoms with Crippen LogP contribution in [0.15, 0.2) is 48.5 Å². The van der Waals surface area contributed by atoms with Crippen LogP contribution in [-0.4, -0.2) is 18.1 Å². The molecule has 2 fully saturated rings. The van der Waals surface area contributed by atoms with Gasteiger partial charge in [0.15, 0.2) is 0 Å². The number of nitrogens with two attached hydrogens (primary N) is 1. The predicted octanol–water partition coefficient (Wildman–Crippen LogP) is 4.31. The zero-order chi connectivity index (χ0) is 17.6. The van der Waals surface area contributed by atoms with Gasteiger partial charge in [0, 0.05) is 24.0 Å². The first-order chi connectivity index (χ1) is 11.9. The van der Waals surface area contributed by atoms with Gasteiger partial charge in [-0.25, -0.2) is 0 Å². The molecule has 2 atom stereocenters. The Morgan fingerprint density at radius 3 is 2.28 bits per heavy atom. The molecule has 4 rings (SSSR count). The summed E-state index contributed by atoms with van der Waals surface area (Å²) >= 11 is 0. The summed E-state index contributed by atoms with van der Waals surface area (Å²) < 4.78 is 38.6. The SMILES string of the molecule is NC1CC(NC2CC2c2ccc(-c3cccc(C(F)(F)F)c3)cc2)C1. The molecule has 0 heterocycles. The van der Waals surface area contributed by atoms with Gasteiger partial charge in [-0.15, -0.1) is 0 Å². The highest BCUT2D eigenvalue weighted by Crippen LogP contribution is 2.42. The third kappa shape index (κ3) is 3.58. The van der Waals surface area contributed by atoms with E-state index >= 15 is 0 Å². The molecule has 2 aliphatic carbocycles. The molecule has 0 saturated heterocycles. The van der Waals surface area contributed by atoms with Crippen molar-refractivity contribution in [1.82, 2.24) is 5.32 Å². The Kier molecular flexibility index (Phi) is 4.08. The van der Waals surface area contributed by atoms with Gasteiger partial charge in [-0.2, -0.15) is 13.2 Å². The molecule has 0 amide bonds. The lowest BCUT2D eigenvalue weighted by Crippen LogP contribution is -2.49. The van der Waals surface area contributed by atoms with Crippen LogP contribution in [0.2, 0.25) is 0 Å². The fourth-order valence-electron chi connectivity index (χ4n) is 3.65. The van der Waals surface area contributed by atoms with Gasteiger partial charge < -0.3 is 11.1 Å². The van der Waals surface area contributed by atoms with Crippen LogP contribution in [0, 0.1) is 0 Å². The highest BCUT2D eigenvalue weighted by atomic mass is 19.4. The van der Waals surface area contributed by atoms with E-state index in [2.05, 4.69) is 5.32 Å². The van der Waals surface area contributed by atoms with Crippen molar-refractivity contribution < 1.29 is 13.2 Å². The molecule has 2 aromatic carbocycles. The Morgan fingerprint density at radius 2 is 1.64 bits per heavy atom. The zero-order valence-electron chi connectivity index (χ0n) is 13.8. The minimum absolute atomic E-state index is 0.349. The van der Waals surface area contributed by atoms with E-state index in [-0.39, 0.29) is 0 Å². The molecular weight excluding hydrogens is 325 g/mol. The molecule has 2 nitrogen and oxygen atoms in total. The molecule has 3 N–H and O–H groups in total. The van der Waals surface area contributed by atoms with Crippen molar-refractivity contribution in [2.75, 3.05) is 0 Å². The summed E-state index contributed by atoms with van der Waals surface area (Å²) in [5, 5.41) is 3.63. The number of benzene rings is 2. The van der Waals surface area contributed by atoms with E-state index < -0.39 is 11.7 Å². The van der Waals surface area contributed by atoms with Crippen molar-refractivity contribution in [3.05, 3.63) is 59.7 Å². The van der Waals surface area contributed by atoms with Crippen LogP contribution in [0.4, 0.5) is 13.2 Å². The Bertz CT molecular complexity index is 748. The average Bonchev–Trinajstić information content (AvgIpc) is 3.32. The van der Waals surface area contributed by atoms with Gasteiger partial charge in [0.2, 0.25) is 0 Å². The van der Waals surface area contributed by atoms with Gasteiger partial charge in [-0.05, 0) is 48.1 Å². The number of halogens is 3. The molecule has 5 heteroatoms. The topological polar surface area (TPSA) is 38.0 Å². The summed E-state index contributed by atoms with van der Waals surface area (Å²) in [5.41, 5.74) is 7.85. The zero-order valence-corrected chi connectivity index (χ0v) is 13.8. The van der Waals surface area contributed by atoms with E-state index in [9.17, 15) is 13.2 Å². The van der Waals surface area contributed by atoms with Crippen molar-refractivity contribution in [3.8, 4) is 11.1 Å². The number of hydrogen-bond acceptors (Lipinski definition) is 2. The number of rotatable bonds is 4. The van der Waals surface area contributed by atoms with Crippen LogP contribution in [0.25, 0.3) is 11.1 Å². The van der Waals surface area contributed by atoms with Crippen molar-refractivity contribution in [3.63, 3.8) is 0 Å². The first kappa shape index (κ1) is 16.6. The fourth-order valence-corrected chi connectivity index (χ4v) is 3.65. The normalized spacial score (nSPS) is 28.5. The van der Waals surface area contributed by atoms with Gasteiger partial charge >= 0.3 is 6.18 Å². The van der Waals surface area contributed by atoms with Gasteiger partial charge in [-0.1, -0.05) is 36.4 Å². The van der Waals surface area contributed by atoms with Crippen LogP contribution in [0.3, 0.4) is 0 Å². The van der Waals surface area contributed by atoms with E-state index in [0.29, 0.717) is 29.6 Å². The second-order valence-electron chi connectivity index (χ2n) is 7.24. The summed E-state index contributed by atoms with van der Waals surface area (Å²) in [5.74, 6) is 0.507. The molecule has 0 aliphatic heterocycles. The summed E-state index contributed by atoms with van der Waals surface area (Å²) in [6.45, 7) is 0. The Hall–Kier alpha value is -1.85. The number of nitrogens with one attached hydrogen (secondary N) is 1. The lowest BCUT2D eigenvalue weighted by atomic mass is 9.87. The molecule has 0 bridgehead atoms. The smallest absolute Gasteiger partial charge is 0.328 e. The van der Waals surface area contributed by atoms with Gasteiger partial charge in [-0.3, -0.25) is 0 Å². The Balaban J connectivity index is 1.43. The maximum atomic E-state index is 12.9. The van der Waals surface area contributed by atoms with E-state index in [1.54, 1.807) is 6.07 Å². The molecule has 2 aromatic rings. The van der Waals surface area contributed by atoms with Crippen molar-refractivity contribution in [2.24, 2.45) is 5.73 Å². The molecule has 0 spiro atoms. The lowest BCUT2D eigenvalue weighted by Gasteiger charge is -2.33. The standard InChI is InChI=1S/C20H21F3N2/c21-20(22,23)15-3-1-2-14(8-15)12-4-6-13(7-5-12)18-11-19(18)25-17-9-16(24)10-17/h1-8,16-19,25H,9-11,24H2. The quantitative estimate of drug-likeness (QED) is 0.866. The predicted molar refractivity (Wildman–Crippen MR) is 92.2 cm³/mol. The summed E-state index contributed by atoms with van der Waals surface area (Å²) in [6, 6.07) is 14.8. The second-order valence-corrected chi connectivity index (χ2v) is 7.24. The first-order valence-electron chi connectivity index (χ1n) is 8.69.